The van der Waals surface area contributed by atoms with Gasteiger partial charge in [-0.3, -0.25) is 4.79 Å². The van der Waals surface area contributed by atoms with Gasteiger partial charge in [-0.05, 0) is 25.8 Å². The van der Waals surface area contributed by atoms with Crippen molar-refractivity contribution in [1.82, 2.24) is 5.32 Å². The van der Waals surface area contributed by atoms with Crippen molar-refractivity contribution in [3.63, 3.8) is 0 Å². The van der Waals surface area contributed by atoms with Gasteiger partial charge < -0.3 is 11.1 Å². The highest BCUT2D eigenvalue weighted by Crippen LogP contribution is 2.09. The molecule has 0 aliphatic carbocycles. The zero-order chi connectivity index (χ0) is 12.9. The summed E-state index contributed by atoms with van der Waals surface area (Å²) in [6, 6.07) is 8.11. The van der Waals surface area contributed by atoms with E-state index in [2.05, 4.69) is 5.32 Å². The summed E-state index contributed by atoms with van der Waals surface area (Å²) in [4.78, 5) is 11.9. The first-order chi connectivity index (χ1) is 7.95. The number of nitrogens with one attached hydrogen (secondary N) is 1. The predicted molar refractivity (Wildman–Crippen MR) is 77.8 cm³/mol. The molecule has 0 radical (unpaired) electrons. The number of halogens is 1. The number of rotatable bonds is 5. The third-order valence-corrected chi connectivity index (χ3v) is 2.86. The smallest absolute Gasteiger partial charge is 0.240 e. The van der Waals surface area contributed by atoms with E-state index in [1.807, 2.05) is 38.1 Å². The first kappa shape index (κ1) is 16.9. The zero-order valence-corrected chi connectivity index (χ0v) is 12.1. The Kier molecular flexibility index (Phi) is 6.96. The van der Waals surface area contributed by atoms with Crippen molar-refractivity contribution >= 4 is 18.3 Å². The van der Waals surface area contributed by atoms with Gasteiger partial charge in [0.05, 0.1) is 5.54 Å². The van der Waals surface area contributed by atoms with Gasteiger partial charge in [0.15, 0.2) is 0 Å². The third kappa shape index (κ3) is 5.07. The van der Waals surface area contributed by atoms with Crippen molar-refractivity contribution in [2.45, 2.75) is 45.7 Å². The van der Waals surface area contributed by atoms with Gasteiger partial charge in [-0.15, -0.1) is 12.4 Å². The number of carbonyl (C=O) groups is 1. The number of hydrogen-bond acceptors (Lipinski definition) is 2. The molecule has 0 aliphatic rings. The number of aryl methyl sites for hydroxylation is 1. The molecule has 1 aromatic carbocycles. The van der Waals surface area contributed by atoms with E-state index in [4.69, 9.17) is 5.73 Å². The lowest BCUT2D eigenvalue weighted by molar-refractivity contribution is -0.126. The average molecular weight is 271 g/mol. The molecular weight excluding hydrogens is 248 g/mol. The van der Waals surface area contributed by atoms with Crippen LogP contribution < -0.4 is 11.1 Å². The Morgan fingerprint density at radius 2 is 1.89 bits per heavy atom. The van der Waals surface area contributed by atoms with Crippen molar-refractivity contribution < 1.29 is 4.79 Å². The highest BCUT2D eigenvalue weighted by Gasteiger charge is 2.26. The summed E-state index contributed by atoms with van der Waals surface area (Å²) in [6.45, 7) is 6.38. The SMILES string of the molecule is CCCC(C)(N)C(=O)NCc1ccc(C)cc1.Cl. The van der Waals surface area contributed by atoms with E-state index in [1.54, 1.807) is 6.92 Å². The van der Waals surface area contributed by atoms with Gasteiger partial charge in [0.1, 0.15) is 0 Å². The molecular formula is C14H23ClN2O. The van der Waals surface area contributed by atoms with Crippen LogP contribution in [0.2, 0.25) is 0 Å². The number of carbonyl (C=O) groups excluding carboxylic acids is 1. The van der Waals surface area contributed by atoms with Gasteiger partial charge in [-0.1, -0.05) is 43.2 Å². The van der Waals surface area contributed by atoms with E-state index in [1.165, 1.54) is 5.56 Å². The molecule has 0 heterocycles. The normalized spacial score (nSPS) is 13.3. The molecule has 0 spiro atoms. The largest absolute Gasteiger partial charge is 0.350 e. The van der Waals surface area contributed by atoms with Crippen molar-refractivity contribution in [2.24, 2.45) is 5.73 Å². The molecule has 0 aromatic heterocycles. The molecule has 0 fully saturated rings. The van der Waals surface area contributed by atoms with E-state index in [-0.39, 0.29) is 18.3 Å². The van der Waals surface area contributed by atoms with Gasteiger partial charge in [0, 0.05) is 6.54 Å². The summed E-state index contributed by atoms with van der Waals surface area (Å²) in [6.07, 6.45) is 1.61. The molecule has 1 amide bonds. The Morgan fingerprint density at radius 1 is 1.33 bits per heavy atom. The lowest BCUT2D eigenvalue weighted by atomic mass is 9.96. The lowest BCUT2D eigenvalue weighted by Gasteiger charge is -2.22. The summed E-state index contributed by atoms with van der Waals surface area (Å²) >= 11 is 0. The Hall–Kier alpha value is -1.06. The van der Waals surface area contributed by atoms with Gasteiger partial charge in [0.2, 0.25) is 5.91 Å². The fourth-order valence-corrected chi connectivity index (χ4v) is 1.72. The molecule has 18 heavy (non-hydrogen) atoms. The van der Waals surface area contributed by atoms with Crippen LogP contribution in [-0.2, 0) is 11.3 Å². The predicted octanol–water partition coefficient (Wildman–Crippen LogP) is 2.55. The fraction of sp³-hybridized carbons (Fsp3) is 0.500. The van der Waals surface area contributed by atoms with E-state index in [9.17, 15) is 4.79 Å². The molecule has 1 rings (SSSR count). The minimum atomic E-state index is -0.764. The molecule has 3 N–H and O–H groups in total. The van der Waals surface area contributed by atoms with E-state index < -0.39 is 5.54 Å². The Bertz CT molecular complexity index is 374. The Labute approximate surface area is 116 Å². The van der Waals surface area contributed by atoms with Gasteiger partial charge >= 0.3 is 0 Å². The Balaban J connectivity index is 0.00000289. The number of benzene rings is 1. The van der Waals surface area contributed by atoms with E-state index in [0.29, 0.717) is 13.0 Å². The third-order valence-electron chi connectivity index (χ3n) is 2.86. The Morgan fingerprint density at radius 3 is 2.39 bits per heavy atom. The molecule has 4 heteroatoms. The monoisotopic (exact) mass is 270 g/mol. The summed E-state index contributed by atoms with van der Waals surface area (Å²) in [7, 11) is 0. The van der Waals surface area contributed by atoms with Crippen LogP contribution in [0.5, 0.6) is 0 Å². The highest BCUT2D eigenvalue weighted by molar-refractivity contribution is 5.85. The van der Waals surface area contributed by atoms with Crippen molar-refractivity contribution in [3.05, 3.63) is 35.4 Å². The number of hydrogen-bond donors (Lipinski definition) is 2. The molecule has 0 aliphatic heterocycles. The van der Waals surface area contributed by atoms with Gasteiger partial charge in [-0.2, -0.15) is 0 Å². The van der Waals surface area contributed by atoms with Crippen LogP contribution in [-0.4, -0.2) is 11.4 Å². The summed E-state index contributed by atoms with van der Waals surface area (Å²) in [5.74, 6) is -0.0834. The van der Waals surface area contributed by atoms with Crippen LogP contribution in [0.1, 0.15) is 37.8 Å². The molecule has 0 saturated heterocycles. The second kappa shape index (κ2) is 7.39. The standard InChI is InChI=1S/C14H22N2O.ClH/c1-4-9-14(3,15)13(17)16-10-12-7-5-11(2)6-8-12;/h5-8H,4,9-10,15H2,1-3H3,(H,16,17);1H. The van der Waals surface area contributed by atoms with Crippen molar-refractivity contribution in [3.8, 4) is 0 Å². The molecule has 1 atom stereocenters. The maximum absolute atomic E-state index is 11.9. The number of amides is 1. The zero-order valence-electron chi connectivity index (χ0n) is 11.3. The quantitative estimate of drug-likeness (QED) is 0.864. The van der Waals surface area contributed by atoms with Crippen LogP contribution in [0, 0.1) is 6.92 Å². The van der Waals surface area contributed by atoms with Gasteiger partial charge in [0.25, 0.3) is 0 Å². The second-order valence-electron chi connectivity index (χ2n) is 4.84. The summed E-state index contributed by atoms with van der Waals surface area (Å²) < 4.78 is 0. The van der Waals surface area contributed by atoms with Crippen molar-refractivity contribution in [1.29, 1.82) is 0 Å². The van der Waals surface area contributed by atoms with Crippen LogP contribution in [0.15, 0.2) is 24.3 Å². The van der Waals surface area contributed by atoms with Crippen LogP contribution in [0.3, 0.4) is 0 Å². The number of nitrogens with two attached hydrogens (primary N) is 1. The molecule has 1 aromatic rings. The average Bonchev–Trinajstić information content (AvgIpc) is 2.27. The highest BCUT2D eigenvalue weighted by atomic mass is 35.5. The lowest BCUT2D eigenvalue weighted by Crippen LogP contribution is -2.51. The maximum atomic E-state index is 11.9. The summed E-state index contributed by atoms with van der Waals surface area (Å²) in [5.41, 5.74) is 7.49. The fourth-order valence-electron chi connectivity index (χ4n) is 1.72. The minimum absolute atomic E-state index is 0. The van der Waals surface area contributed by atoms with Crippen LogP contribution >= 0.6 is 12.4 Å². The van der Waals surface area contributed by atoms with Crippen LogP contribution in [0.4, 0.5) is 0 Å². The molecule has 102 valence electrons. The van der Waals surface area contributed by atoms with E-state index >= 15 is 0 Å². The molecule has 1 unspecified atom stereocenters. The van der Waals surface area contributed by atoms with Gasteiger partial charge in [-0.25, -0.2) is 0 Å². The second-order valence-corrected chi connectivity index (χ2v) is 4.84. The summed E-state index contributed by atoms with van der Waals surface area (Å²) in [5, 5.41) is 2.88. The maximum Gasteiger partial charge on any atom is 0.240 e. The first-order valence-electron chi connectivity index (χ1n) is 6.08. The van der Waals surface area contributed by atoms with E-state index in [0.717, 1.165) is 12.0 Å². The van der Waals surface area contributed by atoms with Crippen LogP contribution in [0.25, 0.3) is 0 Å². The molecule has 3 nitrogen and oxygen atoms in total. The molecule has 0 saturated carbocycles. The minimum Gasteiger partial charge on any atom is -0.350 e. The first-order valence-corrected chi connectivity index (χ1v) is 6.08. The molecule has 0 bridgehead atoms. The van der Waals surface area contributed by atoms with Crippen molar-refractivity contribution in [2.75, 3.05) is 0 Å². The topological polar surface area (TPSA) is 55.1 Å².